The molecule has 2 heterocycles. The number of amides is 3. The lowest BCUT2D eigenvalue weighted by Crippen LogP contribution is -2.50. The van der Waals surface area contributed by atoms with Gasteiger partial charge in [0.25, 0.3) is 11.8 Å². The van der Waals surface area contributed by atoms with E-state index >= 15 is 0 Å². The summed E-state index contributed by atoms with van der Waals surface area (Å²) in [5.74, 6) is 0.490. The van der Waals surface area contributed by atoms with E-state index < -0.39 is 0 Å². The summed E-state index contributed by atoms with van der Waals surface area (Å²) in [5.41, 5.74) is 5.31. The fourth-order valence-electron chi connectivity index (χ4n) is 5.00. The summed E-state index contributed by atoms with van der Waals surface area (Å²) < 4.78 is 0.963. The Labute approximate surface area is 268 Å². The molecule has 0 bridgehead atoms. The van der Waals surface area contributed by atoms with Crippen molar-refractivity contribution in [2.45, 2.75) is 64.1 Å². The van der Waals surface area contributed by atoms with Gasteiger partial charge in [0, 0.05) is 62.6 Å². The van der Waals surface area contributed by atoms with Crippen molar-refractivity contribution >= 4 is 46.0 Å². The first-order valence-electron chi connectivity index (χ1n) is 14.8. The molecule has 44 heavy (non-hydrogen) atoms. The fraction of sp³-hybridized carbons (Fsp3) is 0.455. The van der Waals surface area contributed by atoms with Crippen molar-refractivity contribution in [1.29, 1.82) is 0 Å². The van der Waals surface area contributed by atoms with Crippen LogP contribution in [0.25, 0.3) is 0 Å². The lowest BCUT2D eigenvalue weighted by molar-refractivity contribution is -0.130. The SMILES string of the molecule is CC(=O)N1CCN(C(=O)c2cc(CSc3cnc(NC(=O)c4ccc(CNC(CO)C(C)(C)C)cc4)s3)cc(C)c2C)CC1. The highest BCUT2D eigenvalue weighted by Crippen LogP contribution is 2.32. The number of rotatable bonds is 10. The first kappa shape index (κ1) is 33.6. The number of aliphatic hydroxyl groups excluding tert-OH is 1. The van der Waals surface area contributed by atoms with E-state index in [1.54, 1.807) is 41.9 Å². The Hall–Kier alpha value is -3.25. The fourth-order valence-corrected chi connectivity index (χ4v) is 6.80. The highest BCUT2D eigenvalue weighted by atomic mass is 32.2. The zero-order valence-electron chi connectivity index (χ0n) is 26.4. The molecule has 9 nitrogen and oxygen atoms in total. The molecule has 236 valence electrons. The average Bonchev–Trinajstić information content (AvgIpc) is 3.44. The second-order valence-electron chi connectivity index (χ2n) is 12.3. The van der Waals surface area contributed by atoms with Gasteiger partial charge in [0.1, 0.15) is 0 Å². The molecule has 1 unspecified atom stereocenters. The van der Waals surface area contributed by atoms with Crippen LogP contribution in [0.3, 0.4) is 0 Å². The number of hydrogen-bond donors (Lipinski definition) is 3. The summed E-state index contributed by atoms with van der Waals surface area (Å²) in [7, 11) is 0. The van der Waals surface area contributed by atoms with Crippen LogP contribution >= 0.6 is 23.1 Å². The molecule has 11 heteroatoms. The smallest absolute Gasteiger partial charge is 0.257 e. The number of thiazole rings is 1. The van der Waals surface area contributed by atoms with Crippen LogP contribution in [0.2, 0.25) is 0 Å². The Morgan fingerprint density at radius 2 is 1.68 bits per heavy atom. The van der Waals surface area contributed by atoms with E-state index in [1.165, 1.54) is 11.3 Å². The topological polar surface area (TPSA) is 115 Å². The monoisotopic (exact) mass is 637 g/mol. The second-order valence-corrected chi connectivity index (χ2v) is 14.6. The molecular formula is C33H43N5O4S2. The molecule has 1 aliphatic rings. The van der Waals surface area contributed by atoms with Gasteiger partial charge in [-0.15, -0.1) is 11.8 Å². The standard InChI is InChI=1S/C33H43N5O4S2/c1-21-15-25(16-27(22(21)2)31(42)38-13-11-37(12-14-38)23(3)40)20-43-29-18-35-32(44-29)36-30(41)26-9-7-24(8-10-26)17-34-28(19-39)33(4,5)6/h7-10,15-16,18,28,34,39H,11-14,17,19-20H2,1-6H3,(H,35,36,41). The van der Waals surface area contributed by atoms with Gasteiger partial charge >= 0.3 is 0 Å². The second kappa shape index (κ2) is 14.7. The van der Waals surface area contributed by atoms with Crippen molar-refractivity contribution in [3.05, 3.63) is 76.0 Å². The van der Waals surface area contributed by atoms with Crippen LogP contribution in [0.1, 0.15) is 70.7 Å². The minimum Gasteiger partial charge on any atom is -0.395 e. The van der Waals surface area contributed by atoms with Gasteiger partial charge in [0.05, 0.1) is 17.0 Å². The lowest BCUT2D eigenvalue weighted by atomic mass is 9.87. The van der Waals surface area contributed by atoms with Crippen LogP contribution in [-0.4, -0.2) is 76.4 Å². The molecule has 3 N–H and O–H groups in total. The lowest BCUT2D eigenvalue weighted by Gasteiger charge is -2.34. The van der Waals surface area contributed by atoms with Crippen LogP contribution in [0.4, 0.5) is 5.13 Å². The number of carbonyl (C=O) groups excluding carboxylic acids is 3. The summed E-state index contributed by atoms with van der Waals surface area (Å²) in [6.07, 6.45) is 1.76. The minimum atomic E-state index is -0.222. The molecule has 2 aromatic carbocycles. The molecule has 0 radical (unpaired) electrons. The van der Waals surface area contributed by atoms with E-state index in [0.717, 1.165) is 26.5 Å². The number of aliphatic hydroxyl groups is 1. The third-order valence-electron chi connectivity index (χ3n) is 8.05. The Bertz CT molecular complexity index is 1470. The summed E-state index contributed by atoms with van der Waals surface area (Å²) in [5, 5.41) is 16.5. The van der Waals surface area contributed by atoms with E-state index in [4.69, 9.17) is 0 Å². The van der Waals surface area contributed by atoms with Gasteiger partial charge in [-0.1, -0.05) is 50.3 Å². The van der Waals surface area contributed by atoms with Crippen molar-refractivity contribution in [2.75, 3.05) is 38.1 Å². The summed E-state index contributed by atoms with van der Waals surface area (Å²) in [4.78, 5) is 45.9. The van der Waals surface area contributed by atoms with Gasteiger partial charge < -0.3 is 20.2 Å². The first-order valence-corrected chi connectivity index (χ1v) is 16.6. The number of hydrogen-bond acceptors (Lipinski definition) is 8. The molecule has 0 saturated carbocycles. The van der Waals surface area contributed by atoms with Gasteiger partial charge in [-0.25, -0.2) is 4.98 Å². The van der Waals surface area contributed by atoms with Crippen LogP contribution in [0.15, 0.2) is 46.8 Å². The van der Waals surface area contributed by atoms with Crippen LogP contribution < -0.4 is 10.6 Å². The first-order chi connectivity index (χ1) is 20.8. The van der Waals surface area contributed by atoms with Crippen molar-refractivity contribution in [1.82, 2.24) is 20.1 Å². The van der Waals surface area contributed by atoms with E-state index in [0.29, 0.717) is 54.7 Å². The molecule has 1 atom stereocenters. The average molecular weight is 638 g/mol. The van der Waals surface area contributed by atoms with Crippen molar-refractivity contribution in [3.8, 4) is 0 Å². The van der Waals surface area contributed by atoms with E-state index in [-0.39, 0.29) is 35.8 Å². The zero-order valence-corrected chi connectivity index (χ0v) is 28.0. The quantitative estimate of drug-likeness (QED) is 0.265. The number of anilines is 1. The van der Waals surface area contributed by atoms with Crippen molar-refractivity contribution < 1.29 is 19.5 Å². The summed E-state index contributed by atoms with van der Waals surface area (Å²) in [6, 6.07) is 11.5. The number of benzene rings is 2. The van der Waals surface area contributed by atoms with Crippen molar-refractivity contribution in [2.24, 2.45) is 5.41 Å². The highest BCUT2D eigenvalue weighted by Gasteiger charge is 2.25. The minimum absolute atomic E-state index is 0.00648. The number of piperazine rings is 1. The predicted molar refractivity (Wildman–Crippen MR) is 177 cm³/mol. The highest BCUT2D eigenvalue weighted by molar-refractivity contribution is 8.00. The third kappa shape index (κ3) is 8.68. The van der Waals surface area contributed by atoms with Crippen LogP contribution in [0, 0.1) is 19.3 Å². The normalized spacial score (nSPS) is 14.4. The number of nitrogens with zero attached hydrogens (tertiary/aromatic N) is 3. The molecule has 1 fully saturated rings. The maximum Gasteiger partial charge on any atom is 0.257 e. The van der Waals surface area contributed by atoms with Gasteiger partial charge in [0.2, 0.25) is 5.91 Å². The molecule has 1 aromatic heterocycles. The largest absolute Gasteiger partial charge is 0.395 e. The van der Waals surface area contributed by atoms with E-state index in [1.807, 2.05) is 36.9 Å². The van der Waals surface area contributed by atoms with Gasteiger partial charge in [-0.05, 0) is 59.7 Å². The number of nitrogens with one attached hydrogen (secondary N) is 2. The molecule has 3 aromatic rings. The summed E-state index contributed by atoms with van der Waals surface area (Å²) in [6.45, 7) is 14.7. The maximum absolute atomic E-state index is 13.4. The number of thioether (sulfide) groups is 1. The zero-order chi connectivity index (χ0) is 32.0. The molecule has 1 saturated heterocycles. The molecule has 3 amide bonds. The van der Waals surface area contributed by atoms with E-state index in [9.17, 15) is 19.5 Å². The van der Waals surface area contributed by atoms with Gasteiger partial charge in [-0.2, -0.15) is 0 Å². The van der Waals surface area contributed by atoms with Crippen LogP contribution in [-0.2, 0) is 17.1 Å². The van der Waals surface area contributed by atoms with Crippen molar-refractivity contribution in [3.63, 3.8) is 0 Å². The molecule has 1 aliphatic heterocycles. The number of aryl methyl sites for hydroxylation is 1. The Morgan fingerprint density at radius 1 is 1.02 bits per heavy atom. The third-order valence-corrected chi connectivity index (χ3v) is 10.2. The van der Waals surface area contributed by atoms with E-state index in [2.05, 4.69) is 42.5 Å². The van der Waals surface area contributed by atoms with Gasteiger partial charge in [-0.3, -0.25) is 19.7 Å². The number of aromatic nitrogens is 1. The number of carbonyl (C=O) groups is 3. The Kier molecular flexibility index (Phi) is 11.2. The molecule has 0 spiro atoms. The Morgan fingerprint density at radius 3 is 2.30 bits per heavy atom. The summed E-state index contributed by atoms with van der Waals surface area (Å²) >= 11 is 3.03. The maximum atomic E-state index is 13.4. The predicted octanol–water partition coefficient (Wildman–Crippen LogP) is 5.11. The van der Waals surface area contributed by atoms with Crippen LogP contribution in [0.5, 0.6) is 0 Å². The Balaban J connectivity index is 1.32. The van der Waals surface area contributed by atoms with Gasteiger partial charge in [0.15, 0.2) is 5.13 Å². The molecular weight excluding hydrogens is 595 g/mol. The molecule has 0 aliphatic carbocycles. The molecule has 4 rings (SSSR count).